The van der Waals surface area contributed by atoms with E-state index in [-0.39, 0.29) is 31.3 Å². The van der Waals surface area contributed by atoms with Crippen LogP contribution in [-0.2, 0) is 25.6 Å². The van der Waals surface area contributed by atoms with Gasteiger partial charge in [0.05, 0.1) is 33.0 Å². The zero-order valence-corrected chi connectivity index (χ0v) is 20.1. The lowest BCUT2D eigenvalue weighted by Crippen LogP contribution is -2.46. The zero-order valence-electron chi connectivity index (χ0n) is 20.1. The Hall–Kier alpha value is -3.26. The molecule has 0 spiro atoms. The molecule has 3 aliphatic rings. The molecule has 0 radical (unpaired) electrons. The number of esters is 2. The molecule has 2 heterocycles. The van der Waals surface area contributed by atoms with Crippen molar-refractivity contribution in [1.82, 2.24) is 0 Å². The summed E-state index contributed by atoms with van der Waals surface area (Å²) < 4.78 is 34.1. The highest BCUT2D eigenvalue weighted by Crippen LogP contribution is 2.49. The van der Waals surface area contributed by atoms with E-state index in [9.17, 15) is 9.59 Å². The molecule has 8 heteroatoms. The number of hydrogen-bond donors (Lipinski definition) is 0. The number of rotatable bonds is 8. The molecule has 2 aromatic carbocycles. The molecule has 1 saturated carbocycles. The van der Waals surface area contributed by atoms with Gasteiger partial charge in [0.15, 0.2) is 11.5 Å². The first kappa shape index (κ1) is 23.5. The third-order valence-corrected chi connectivity index (χ3v) is 7.21. The Bertz CT molecular complexity index is 1110. The minimum absolute atomic E-state index is 0.111. The van der Waals surface area contributed by atoms with Crippen molar-refractivity contribution in [2.24, 2.45) is 5.41 Å². The lowest BCUT2D eigenvalue weighted by molar-refractivity contribution is -0.174. The van der Waals surface area contributed by atoms with Gasteiger partial charge in [0.2, 0.25) is 5.75 Å². The summed E-state index contributed by atoms with van der Waals surface area (Å²) in [6.45, 7) is 1.58. The summed E-state index contributed by atoms with van der Waals surface area (Å²) in [7, 11) is 3.11. The molecule has 1 saturated heterocycles. The minimum Gasteiger partial charge on any atom is -0.493 e. The molecule has 0 amide bonds. The summed E-state index contributed by atoms with van der Waals surface area (Å²) >= 11 is 0. The fourth-order valence-electron chi connectivity index (χ4n) is 4.95. The first-order valence-electron chi connectivity index (χ1n) is 12.0. The number of hydrogen-bond acceptors (Lipinski definition) is 8. The van der Waals surface area contributed by atoms with Crippen LogP contribution in [0.15, 0.2) is 30.3 Å². The largest absolute Gasteiger partial charge is 0.493 e. The van der Waals surface area contributed by atoms with Gasteiger partial charge < -0.3 is 28.4 Å². The lowest BCUT2D eigenvalue weighted by Gasteiger charge is -2.40. The number of ether oxygens (including phenoxy) is 6. The van der Waals surface area contributed by atoms with Crippen molar-refractivity contribution in [1.29, 1.82) is 0 Å². The number of carbonyl (C=O) groups excluding carboxylic acids is 2. The molecule has 0 unspecified atom stereocenters. The number of benzene rings is 2. The summed E-state index contributed by atoms with van der Waals surface area (Å²) in [4.78, 5) is 25.3. The van der Waals surface area contributed by atoms with Crippen LogP contribution in [0.4, 0.5) is 0 Å². The van der Waals surface area contributed by atoms with Crippen LogP contribution < -0.4 is 14.2 Å². The fraction of sp³-hybridized carbons (Fsp3) is 0.481. The molecule has 5 rings (SSSR count). The van der Waals surface area contributed by atoms with Crippen molar-refractivity contribution >= 4 is 11.9 Å². The standard InChI is InChI=1S/C27H30O8/c1-30-22-8-7-19(18-5-3-6-20-21(18)15-33-25(20)28)23(24(22)31-2)34-16-27(11-4-12-27)26(29)35-17-9-13-32-14-10-17/h3,5-8,17H,4,9-16H2,1-2H3. The molecule has 0 bridgehead atoms. The molecule has 2 aliphatic heterocycles. The van der Waals surface area contributed by atoms with E-state index in [2.05, 4.69) is 0 Å². The first-order chi connectivity index (χ1) is 17.1. The second kappa shape index (κ2) is 9.77. The van der Waals surface area contributed by atoms with Crippen molar-refractivity contribution in [2.75, 3.05) is 34.0 Å². The van der Waals surface area contributed by atoms with Crippen molar-refractivity contribution in [3.63, 3.8) is 0 Å². The number of methoxy groups -OCH3 is 2. The summed E-state index contributed by atoms with van der Waals surface area (Å²) in [5.41, 5.74) is 2.20. The van der Waals surface area contributed by atoms with Crippen molar-refractivity contribution in [2.45, 2.75) is 44.8 Å². The molecular weight excluding hydrogens is 452 g/mol. The Kier molecular flexibility index (Phi) is 6.56. The van der Waals surface area contributed by atoms with Gasteiger partial charge in [-0.1, -0.05) is 18.6 Å². The smallest absolute Gasteiger partial charge is 0.338 e. The van der Waals surface area contributed by atoms with Gasteiger partial charge in [-0.2, -0.15) is 0 Å². The molecule has 0 N–H and O–H groups in total. The molecule has 186 valence electrons. The molecule has 0 atom stereocenters. The average Bonchev–Trinajstić information content (AvgIpc) is 3.24. The fourth-order valence-corrected chi connectivity index (χ4v) is 4.95. The molecule has 2 fully saturated rings. The van der Waals surface area contributed by atoms with Gasteiger partial charge in [-0.05, 0) is 36.6 Å². The van der Waals surface area contributed by atoms with Crippen LogP contribution in [0.1, 0.15) is 48.0 Å². The third kappa shape index (κ3) is 4.31. The van der Waals surface area contributed by atoms with Gasteiger partial charge in [0.1, 0.15) is 24.7 Å². The van der Waals surface area contributed by atoms with Crippen molar-refractivity contribution < 1.29 is 38.0 Å². The minimum atomic E-state index is -0.693. The second-order valence-electron chi connectivity index (χ2n) is 9.23. The van der Waals surface area contributed by atoms with Crippen LogP contribution >= 0.6 is 0 Å². The predicted molar refractivity (Wildman–Crippen MR) is 126 cm³/mol. The van der Waals surface area contributed by atoms with Gasteiger partial charge >= 0.3 is 11.9 Å². The van der Waals surface area contributed by atoms with Gasteiger partial charge in [0, 0.05) is 24.0 Å². The van der Waals surface area contributed by atoms with Crippen LogP contribution in [0.25, 0.3) is 11.1 Å². The van der Waals surface area contributed by atoms with E-state index in [0.717, 1.165) is 36.0 Å². The topological polar surface area (TPSA) is 89.5 Å². The number of fused-ring (bicyclic) bond motifs is 1. The lowest BCUT2D eigenvalue weighted by atomic mass is 9.69. The van der Waals surface area contributed by atoms with Crippen LogP contribution in [0.2, 0.25) is 0 Å². The van der Waals surface area contributed by atoms with Crippen LogP contribution in [0.5, 0.6) is 17.2 Å². The van der Waals surface area contributed by atoms with E-state index in [1.54, 1.807) is 26.4 Å². The summed E-state index contributed by atoms with van der Waals surface area (Å²) in [6, 6.07) is 9.18. The Balaban J connectivity index is 1.46. The third-order valence-electron chi connectivity index (χ3n) is 7.21. The summed E-state index contributed by atoms with van der Waals surface area (Å²) in [5, 5.41) is 0. The van der Waals surface area contributed by atoms with E-state index >= 15 is 0 Å². The molecule has 1 aliphatic carbocycles. The van der Waals surface area contributed by atoms with Gasteiger partial charge in [-0.15, -0.1) is 0 Å². The first-order valence-corrected chi connectivity index (χ1v) is 12.0. The average molecular weight is 483 g/mol. The highest BCUT2D eigenvalue weighted by molar-refractivity contribution is 5.96. The molecular formula is C27H30O8. The van der Waals surface area contributed by atoms with Crippen molar-refractivity contribution in [3.8, 4) is 28.4 Å². The van der Waals surface area contributed by atoms with Gasteiger partial charge in [-0.25, -0.2) is 4.79 Å². The quantitative estimate of drug-likeness (QED) is 0.514. The van der Waals surface area contributed by atoms with Gasteiger partial charge in [-0.3, -0.25) is 4.79 Å². The molecule has 35 heavy (non-hydrogen) atoms. The normalized spacial score (nSPS) is 18.7. The molecule has 2 aromatic rings. The SMILES string of the molecule is COc1ccc(-c2cccc3c2COC3=O)c(OCC2(C(=O)OC3CCOCC3)CCC2)c1OC. The maximum atomic E-state index is 13.2. The van der Waals surface area contributed by atoms with E-state index in [4.69, 9.17) is 28.4 Å². The highest BCUT2D eigenvalue weighted by Gasteiger charge is 2.48. The predicted octanol–water partition coefficient (Wildman–Crippen LogP) is 4.31. The van der Waals surface area contributed by atoms with Crippen LogP contribution in [0, 0.1) is 5.41 Å². The summed E-state index contributed by atoms with van der Waals surface area (Å²) in [5.74, 6) is 0.858. The number of cyclic esters (lactones) is 1. The Morgan fingerprint density at radius 3 is 2.46 bits per heavy atom. The zero-order chi connectivity index (χ0) is 24.4. The molecule has 8 nitrogen and oxygen atoms in total. The number of carbonyl (C=O) groups is 2. The van der Waals surface area contributed by atoms with E-state index in [1.165, 1.54) is 0 Å². The Morgan fingerprint density at radius 2 is 1.77 bits per heavy atom. The van der Waals surface area contributed by atoms with E-state index < -0.39 is 5.41 Å². The Labute approximate surface area is 204 Å². The second-order valence-corrected chi connectivity index (χ2v) is 9.23. The molecule has 0 aromatic heterocycles. The maximum absolute atomic E-state index is 13.2. The van der Waals surface area contributed by atoms with Crippen LogP contribution in [0.3, 0.4) is 0 Å². The van der Waals surface area contributed by atoms with E-state index in [1.807, 2.05) is 18.2 Å². The van der Waals surface area contributed by atoms with E-state index in [0.29, 0.717) is 48.9 Å². The van der Waals surface area contributed by atoms with Crippen molar-refractivity contribution in [3.05, 3.63) is 41.5 Å². The summed E-state index contributed by atoms with van der Waals surface area (Å²) in [6.07, 6.45) is 3.69. The Morgan fingerprint density at radius 1 is 1.00 bits per heavy atom. The highest BCUT2D eigenvalue weighted by atomic mass is 16.6. The maximum Gasteiger partial charge on any atom is 0.338 e. The monoisotopic (exact) mass is 482 g/mol. The van der Waals surface area contributed by atoms with Crippen LogP contribution in [-0.4, -0.2) is 52.1 Å². The van der Waals surface area contributed by atoms with Gasteiger partial charge in [0.25, 0.3) is 0 Å².